The molecule has 1 aliphatic rings. The van der Waals surface area contributed by atoms with Crippen molar-refractivity contribution in [3.8, 4) is 0 Å². The molecule has 1 heterocycles. The molecule has 1 aliphatic carbocycles. The van der Waals surface area contributed by atoms with Gasteiger partial charge in [0.05, 0.1) is 6.04 Å². The van der Waals surface area contributed by atoms with Gasteiger partial charge in [0.1, 0.15) is 5.82 Å². The molecule has 0 bridgehead atoms. The summed E-state index contributed by atoms with van der Waals surface area (Å²) in [6.45, 7) is 2.99. The normalized spacial score (nSPS) is 26.9. The Morgan fingerprint density at radius 1 is 1.53 bits per heavy atom. The van der Waals surface area contributed by atoms with Crippen molar-refractivity contribution in [1.29, 1.82) is 0 Å². The van der Waals surface area contributed by atoms with Gasteiger partial charge in [0.25, 0.3) is 0 Å². The highest BCUT2D eigenvalue weighted by Crippen LogP contribution is 2.26. The third-order valence-corrected chi connectivity index (χ3v) is 3.88. The number of nitrogens with one attached hydrogen (secondary N) is 2. The van der Waals surface area contributed by atoms with E-state index in [9.17, 15) is 0 Å². The highest BCUT2D eigenvalue weighted by atomic mass is 15.0. The Morgan fingerprint density at radius 3 is 3.00 bits per heavy atom. The number of aromatic nitrogens is 2. The Balaban J connectivity index is 1.97. The van der Waals surface area contributed by atoms with Crippen LogP contribution in [0.2, 0.25) is 0 Å². The van der Waals surface area contributed by atoms with E-state index < -0.39 is 0 Å². The monoisotopic (exact) mass is 236 g/mol. The first-order valence-corrected chi connectivity index (χ1v) is 6.80. The van der Waals surface area contributed by atoms with E-state index in [1.165, 1.54) is 25.7 Å². The van der Waals surface area contributed by atoms with Crippen LogP contribution >= 0.6 is 0 Å². The lowest BCUT2D eigenvalue weighted by Gasteiger charge is -2.34. The van der Waals surface area contributed by atoms with Crippen LogP contribution in [0.25, 0.3) is 0 Å². The molecule has 1 aromatic heterocycles. The number of hydrogen-bond donors (Lipinski definition) is 3. The summed E-state index contributed by atoms with van der Waals surface area (Å²) < 4.78 is 0. The Morgan fingerprint density at radius 2 is 2.35 bits per heavy atom. The van der Waals surface area contributed by atoms with Crippen LogP contribution in [0.4, 0.5) is 0 Å². The van der Waals surface area contributed by atoms with Crippen molar-refractivity contribution in [1.82, 2.24) is 15.3 Å². The topological polar surface area (TPSA) is 66.7 Å². The van der Waals surface area contributed by atoms with Crippen LogP contribution in [-0.4, -0.2) is 22.6 Å². The molecule has 17 heavy (non-hydrogen) atoms. The van der Waals surface area contributed by atoms with E-state index >= 15 is 0 Å². The van der Waals surface area contributed by atoms with E-state index in [-0.39, 0.29) is 0 Å². The highest BCUT2D eigenvalue weighted by molar-refractivity contribution is 4.97. The number of hydrogen-bond acceptors (Lipinski definition) is 3. The smallest absolute Gasteiger partial charge is 0.123 e. The van der Waals surface area contributed by atoms with Gasteiger partial charge in [0, 0.05) is 18.4 Å². The Kier molecular flexibility index (Phi) is 4.57. The fourth-order valence-electron chi connectivity index (χ4n) is 2.83. The number of nitrogens with two attached hydrogens (primary N) is 1. The molecule has 1 saturated carbocycles. The fraction of sp³-hybridized carbons (Fsp3) is 0.769. The maximum Gasteiger partial charge on any atom is 0.123 e. The van der Waals surface area contributed by atoms with Crippen molar-refractivity contribution in [3.05, 3.63) is 18.2 Å². The largest absolute Gasteiger partial charge is 0.347 e. The Bertz CT molecular complexity index is 309. The second kappa shape index (κ2) is 6.17. The predicted molar refractivity (Wildman–Crippen MR) is 69.6 cm³/mol. The number of nitrogens with zero attached hydrogens (tertiary/aromatic N) is 1. The lowest BCUT2D eigenvalue weighted by atomic mass is 9.84. The maximum absolute atomic E-state index is 5.87. The minimum absolute atomic E-state index is 0.335. The summed E-state index contributed by atoms with van der Waals surface area (Å²) >= 11 is 0. The van der Waals surface area contributed by atoms with Gasteiger partial charge < -0.3 is 16.0 Å². The summed E-state index contributed by atoms with van der Waals surface area (Å²) in [6.07, 6.45) is 9.94. The molecule has 4 N–H and O–H groups in total. The number of imidazole rings is 1. The summed E-state index contributed by atoms with van der Waals surface area (Å²) in [5.41, 5.74) is 5.87. The molecule has 4 nitrogen and oxygen atoms in total. The molecule has 0 saturated heterocycles. The van der Waals surface area contributed by atoms with Crippen LogP contribution in [-0.2, 0) is 0 Å². The molecule has 1 fully saturated rings. The SMILES string of the molecule is CCC(NC1CCCCC1CN)c1ncc[nH]1. The van der Waals surface area contributed by atoms with Gasteiger partial charge in [0.15, 0.2) is 0 Å². The summed E-state index contributed by atoms with van der Waals surface area (Å²) in [6, 6.07) is 0.894. The predicted octanol–water partition coefficient (Wildman–Crippen LogP) is 1.97. The zero-order valence-electron chi connectivity index (χ0n) is 10.7. The van der Waals surface area contributed by atoms with Crippen LogP contribution < -0.4 is 11.1 Å². The van der Waals surface area contributed by atoms with Crippen molar-refractivity contribution >= 4 is 0 Å². The average molecular weight is 236 g/mol. The van der Waals surface area contributed by atoms with Crippen molar-refractivity contribution in [2.24, 2.45) is 11.7 Å². The van der Waals surface area contributed by atoms with Gasteiger partial charge in [-0.25, -0.2) is 4.98 Å². The Labute approximate surface area is 103 Å². The van der Waals surface area contributed by atoms with Gasteiger partial charge in [-0.1, -0.05) is 19.8 Å². The van der Waals surface area contributed by atoms with Crippen LogP contribution in [0.5, 0.6) is 0 Å². The summed E-state index contributed by atoms with van der Waals surface area (Å²) in [5.74, 6) is 1.68. The number of rotatable bonds is 5. The molecule has 0 radical (unpaired) electrons. The molecule has 3 unspecified atom stereocenters. The van der Waals surface area contributed by atoms with Gasteiger partial charge >= 0.3 is 0 Å². The van der Waals surface area contributed by atoms with E-state index in [2.05, 4.69) is 22.2 Å². The number of H-pyrrole nitrogens is 1. The van der Waals surface area contributed by atoms with Crippen LogP contribution in [0.1, 0.15) is 50.9 Å². The van der Waals surface area contributed by atoms with Crippen molar-refractivity contribution in [2.45, 2.75) is 51.1 Å². The highest BCUT2D eigenvalue weighted by Gasteiger charge is 2.26. The van der Waals surface area contributed by atoms with Crippen molar-refractivity contribution in [2.75, 3.05) is 6.54 Å². The molecule has 96 valence electrons. The van der Waals surface area contributed by atoms with Crippen LogP contribution in [0.15, 0.2) is 12.4 Å². The molecular weight excluding hydrogens is 212 g/mol. The summed E-state index contributed by atoms with van der Waals surface area (Å²) in [4.78, 5) is 7.56. The first kappa shape index (κ1) is 12.6. The lowest BCUT2D eigenvalue weighted by Crippen LogP contribution is -2.43. The molecule has 4 heteroatoms. The minimum Gasteiger partial charge on any atom is -0.347 e. The molecule has 0 aromatic carbocycles. The zero-order valence-corrected chi connectivity index (χ0v) is 10.7. The summed E-state index contributed by atoms with van der Waals surface area (Å²) in [5, 5.41) is 3.74. The minimum atomic E-state index is 0.335. The lowest BCUT2D eigenvalue weighted by molar-refractivity contribution is 0.243. The second-order valence-electron chi connectivity index (χ2n) is 4.99. The average Bonchev–Trinajstić information content (AvgIpc) is 2.90. The van der Waals surface area contributed by atoms with E-state index in [0.29, 0.717) is 18.0 Å². The van der Waals surface area contributed by atoms with Crippen molar-refractivity contribution in [3.63, 3.8) is 0 Å². The van der Waals surface area contributed by atoms with Gasteiger partial charge in [0.2, 0.25) is 0 Å². The quantitative estimate of drug-likeness (QED) is 0.732. The van der Waals surface area contributed by atoms with Gasteiger partial charge in [-0.05, 0) is 31.7 Å². The maximum atomic E-state index is 5.87. The third kappa shape index (κ3) is 3.07. The van der Waals surface area contributed by atoms with E-state index in [1.807, 2.05) is 12.4 Å². The van der Waals surface area contributed by atoms with E-state index in [0.717, 1.165) is 18.8 Å². The van der Waals surface area contributed by atoms with Gasteiger partial charge in [-0.3, -0.25) is 0 Å². The van der Waals surface area contributed by atoms with Crippen LogP contribution in [0, 0.1) is 5.92 Å². The van der Waals surface area contributed by atoms with Gasteiger partial charge in [-0.2, -0.15) is 0 Å². The van der Waals surface area contributed by atoms with Gasteiger partial charge in [-0.15, -0.1) is 0 Å². The third-order valence-electron chi connectivity index (χ3n) is 3.88. The molecule has 0 spiro atoms. The van der Waals surface area contributed by atoms with Crippen molar-refractivity contribution < 1.29 is 0 Å². The zero-order chi connectivity index (χ0) is 12.1. The molecule has 2 rings (SSSR count). The summed E-state index contributed by atoms with van der Waals surface area (Å²) in [7, 11) is 0. The Hall–Kier alpha value is -0.870. The number of aromatic amines is 1. The van der Waals surface area contributed by atoms with E-state index in [1.54, 1.807) is 0 Å². The van der Waals surface area contributed by atoms with E-state index in [4.69, 9.17) is 5.73 Å². The molecule has 0 aliphatic heterocycles. The first-order chi connectivity index (χ1) is 8.35. The second-order valence-corrected chi connectivity index (χ2v) is 4.99. The molecule has 1 aromatic rings. The molecule has 0 amide bonds. The van der Waals surface area contributed by atoms with Crippen LogP contribution in [0.3, 0.4) is 0 Å². The standard InChI is InChI=1S/C13H24N4/c1-2-11(13-15-7-8-16-13)17-12-6-4-3-5-10(12)9-14/h7-8,10-12,17H,2-6,9,14H2,1H3,(H,15,16). The molecular formula is C13H24N4. The molecule has 3 atom stereocenters. The fourth-order valence-corrected chi connectivity index (χ4v) is 2.83. The first-order valence-electron chi connectivity index (χ1n) is 6.80.